The van der Waals surface area contributed by atoms with Crippen molar-refractivity contribution < 1.29 is 0 Å². The second-order valence-electron chi connectivity index (χ2n) is 7.88. The van der Waals surface area contributed by atoms with Crippen molar-refractivity contribution in [2.45, 2.75) is 27.7 Å². The summed E-state index contributed by atoms with van der Waals surface area (Å²) in [5.74, 6) is 0. The predicted octanol–water partition coefficient (Wildman–Crippen LogP) is 9.42. The molecule has 0 aliphatic rings. The Morgan fingerprint density at radius 1 is 0.353 bits per heavy atom. The molecule has 34 heavy (non-hydrogen) atoms. The molecular weight excluding hydrogens is 412 g/mol. The van der Waals surface area contributed by atoms with Crippen LogP contribution in [0, 0.1) is 0 Å². The maximum absolute atomic E-state index is 2.42. The molecule has 0 radical (unpaired) electrons. The minimum Gasteiger partial charge on any atom is -0.307 e. The Kier molecular flexibility index (Phi) is 5.81. The van der Waals surface area contributed by atoms with Gasteiger partial charge >= 0.3 is 0 Å². The lowest BCUT2D eigenvalue weighted by molar-refractivity contribution is 1.30. The molecule has 0 atom stereocenters. The van der Waals surface area contributed by atoms with Crippen LogP contribution in [0.3, 0.4) is 0 Å². The second kappa shape index (κ2) is 9.07. The second-order valence-corrected chi connectivity index (χ2v) is 7.88. The Morgan fingerprint density at radius 2 is 0.676 bits per heavy atom. The van der Waals surface area contributed by atoms with Gasteiger partial charge in [0.1, 0.15) is 0 Å². The lowest BCUT2D eigenvalue weighted by atomic mass is 10.1. The van der Waals surface area contributed by atoms with Gasteiger partial charge in [-0.25, -0.2) is 0 Å². The number of fused-ring (bicyclic) bond motifs is 12. The summed E-state index contributed by atoms with van der Waals surface area (Å²) < 4.78 is 4.84. The van der Waals surface area contributed by atoms with E-state index in [-0.39, 0.29) is 0 Å². The number of para-hydroxylation sites is 4. The van der Waals surface area contributed by atoms with Crippen LogP contribution in [-0.4, -0.2) is 8.80 Å². The summed E-state index contributed by atoms with van der Waals surface area (Å²) in [6, 6.07) is 39.5. The molecule has 4 aromatic carbocycles. The molecule has 7 aromatic rings. The first-order valence-corrected chi connectivity index (χ1v) is 12.3. The monoisotopic (exact) mass is 442 g/mol. The molecule has 2 nitrogen and oxygen atoms in total. The topological polar surface area (TPSA) is 8.82 Å². The lowest BCUT2D eigenvalue weighted by Crippen LogP contribution is -1.92. The van der Waals surface area contributed by atoms with Crippen LogP contribution in [-0.2, 0) is 0 Å². The van der Waals surface area contributed by atoms with Crippen molar-refractivity contribution in [2.75, 3.05) is 0 Å². The maximum atomic E-state index is 2.42. The first-order valence-electron chi connectivity index (χ1n) is 12.3. The van der Waals surface area contributed by atoms with Crippen LogP contribution in [0.4, 0.5) is 0 Å². The van der Waals surface area contributed by atoms with Crippen LogP contribution in [0.1, 0.15) is 27.7 Å². The van der Waals surface area contributed by atoms with Crippen LogP contribution in [0.2, 0.25) is 0 Å². The third kappa shape index (κ3) is 3.18. The fourth-order valence-corrected chi connectivity index (χ4v) is 5.00. The van der Waals surface area contributed by atoms with Crippen LogP contribution in [0.5, 0.6) is 0 Å². The number of hydrogen-bond acceptors (Lipinski definition) is 0. The summed E-state index contributed by atoms with van der Waals surface area (Å²) in [7, 11) is 0. The van der Waals surface area contributed by atoms with Gasteiger partial charge in [0.05, 0.1) is 33.1 Å². The normalized spacial score (nSPS) is 10.9. The molecule has 0 aliphatic heterocycles. The maximum Gasteiger partial charge on any atom is 0.0709 e. The van der Waals surface area contributed by atoms with Crippen molar-refractivity contribution in [3.63, 3.8) is 0 Å². The first kappa shape index (κ1) is 21.8. The van der Waals surface area contributed by atoms with E-state index in [0.717, 1.165) is 0 Å². The van der Waals surface area contributed by atoms with Gasteiger partial charge in [0.15, 0.2) is 0 Å². The molecule has 0 fully saturated rings. The molecule has 0 amide bonds. The van der Waals surface area contributed by atoms with Crippen molar-refractivity contribution in [3.05, 3.63) is 109 Å². The fraction of sp³-hybridized carbons (Fsp3) is 0.125. The molecule has 0 N–H and O–H groups in total. The highest BCUT2D eigenvalue weighted by Gasteiger charge is 2.13. The summed E-state index contributed by atoms with van der Waals surface area (Å²) in [5.41, 5.74) is 7.34. The van der Waals surface area contributed by atoms with E-state index in [1.165, 1.54) is 54.6 Å². The molecule has 0 bridgehead atoms. The average Bonchev–Trinajstić information content (AvgIpc) is 3.49. The minimum absolute atomic E-state index is 1.22. The van der Waals surface area contributed by atoms with Gasteiger partial charge in [-0.15, -0.1) is 0 Å². The SMILES string of the molecule is CC.CC.c1ccc2c(c1)cc1c3cc4ccccc4n3c3ccccc3c3ccccc3n21. The minimum atomic E-state index is 1.22. The van der Waals surface area contributed by atoms with E-state index >= 15 is 0 Å². The highest BCUT2D eigenvalue weighted by atomic mass is 15.0. The van der Waals surface area contributed by atoms with Crippen LogP contribution < -0.4 is 0 Å². The van der Waals surface area contributed by atoms with Crippen molar-refractivity contribution >= 4 is 54.6 Å². The Morgan fingerprint density at radius 3 is 1.09 bits per heavy atom. The van der Waals surface area contributed by atoms with E-state index in [0.29, 0.717) is 0 Å². The van der Waals surface area contributed by atoms with Crippen LogP contribution in [0.15, 0.2) is 109 Å². The van der Waals surface area contributed by atoms with Crippen molar-refractivity contribution in [1.82, 2.24) is 8.80 Å². The van der Waals surface area contributed by atoms with Gasteiger partial charge in [0.25, 0.3) is 0 Å². The molecular formula is C32H30N2. The lowest BCUT2D eigenvalue weighted by Gasteiger charge is -2.09. The number of nitrogens with zero attached hydrogens (tertiary/aromatic N) is 2. The molecule has 0 spiro atoms. The molecule has 0 unspecified atom stereocenters. The van der Waals surface area contributed by atoms with E-state index in [4.69, 9.17) is 0 Å². The zero-order chi connectivity index (χ0) is 23.7. The fourth-order valence-electron chi connectivity index (χ4n) is 5.00. The van der Waals surface area contributed by atoms with E-state index in [1.54, 1.807) is 0 Å². The summed E-state index contributed by atoms with van der Waals surface area (Å²) >= 11 is 0. The molecule has 3 aromatic heterocycles. The Labute approximate surface area is 200 Å². The Hall–Kier alpha value is -4.04. The molecule has 2 heteroatoms. The largest absolute Gasteiger partial charge is 0.307 e. The van der Waals surface area contributed by atoms with E-state index in [1.807, 2.05) is 27.7 Å². The van der Waals surface area contributed by atoms with Gasteiger partial charge in [-0.1, -0.05) is 100 Å². The van der Waals surface area contributed by atoms with Crippen molar-refractivity contribution in [3.8, 4) is 0 Å². The Bertz CT molecular complexity index is 1660. The highest BCUT2D eigenvalue weighted by Crippen LogP contribution is 2.33. The standard InChI is InChI=1S/C28H18N2.2C2H6/c1-5-13-23-19(9-1)17-27-28-18-20-10-2-6-14-24(20)30(28)26-16-8-4-12-22(26)21-11-3-7-15-25(21)29(23)27;2*1-2/h1-18H;2*1-2H3. The predicted molar refractivity (Wildman–Crippen MR) is 150 cm³/mol. The third-order valence-electron chi connectivity index (χ3n) is 6.26. The number of aromatic nitrogens is 2. The quantitative estimate of drug-likeness (QED) is 0.221. The van der Waals surface area contributed by atoms with E-state index in [9.17, 15) is 0 Å². The van der Waals surface area contributed by atoms with Gasteiger partial charge in [-0.05, 0) is 36.4 Å². The summed E-state index contributed by atoms with van der Waals surface area (Å²) in [6.45, 7) is 8.00. The molecule has 0 saturated carbocycles. The zero-order valence-corrected chi connectivity index (χ0v) is 20.3. The van der Waals surface area contributed by atoms with Crippen LogP contribution in [0.25, 0.3) is 54.6 Å². The number of benzene rings is 4. The van der Waals surface area contributed by atoms with Gasteiger partial charge in [0.2, 0.25) is 0 Å². The molecule has 3 heterocycles. The van der Waals surface area contributed by atoms with E-state index in [2.05, 4.69) is 118 Å². The van der Waals surface area contributed by atoms with Gasteiger partial charge < -0.3 is 8.80 Å². The van der Waals surface area contributed by atoms with E-state index < -0.39 is 0 Å². The number of rotatable bonds is 0. The van der Waals surface area contributed by atoms with Crippen LogP contribution >= 0.6 is 0 Å². The molecule has 0 aliphatic carbocycles. The first-order chi connectivity index (χ1) is 16.9. The molecule has 168 valence electrons. The smallest absolute Gasteiger partial charge is 0.0709 e. The zero-order valence-electron chi connectivity index (χ0n) is 20.3. The highest BCUT2D eigenvalue weighted by molar-refractivity contribution is 6.10. The third-order valence-corrected chi connectivity index (χ3v) is 6.26. The average molecular weight is 443 g/mol. The summed E-state index contributed by atoms with van der Waals surface area (Å²) in [6.07, 6.45) is 0. The summed E-state index contributed by atoms with van der Waals surface area (Å²) in [5, 5.41) is 5.01. The van der Waals surface area contributed by atoms with Gasteiger partial charge in [-0.3, -0.25) is 0 Å². The van der Waals surface area contributed by atoms with Crippen molar-refractivity contribution in [1.29, 1.82) is 0 Å². The number of hydrogen-bond donors (Lipinski definition) is 0. The Balaban J connectivity index is 0.000000574. The van der Waals surface area contributed by atoms with Crippen molar-refractivity contribution in [2.24, 2.45) is 0 Å². The van der Waals surface area contributed by atoms with Gasteiger partial charge in [0, 0.05) is 21.5 Å². The molecule has 7 rings (SSSR count). The van der Waals surface area contributed by atoms with Gasteiger partial charge in [-0.2, -0.15) is 0 Å². The summed E-state index contributed by atoms with van der Waals surface area (Å²) in [4.78, 5) is 0. The molecule has 0 saturated heterocycles.